The first-order chi connectivity index (χ1) is 8.69. The molecule has 94 valence electrons. The van der Waals surface area contributed by atoms with Crippen molar-refractivity contribution in [3.8, 4) is 5.75 Å². The van der Waals surface area contributed by atoms with Gasteiger partial charge in [0.05, 0.1) is 24.2 Å². The van der Waals surface area contributed by atoms with E-state index in [9.17, 15) is 0 Å². The Hall–Kier alpha value is -2.43. The van der Waals surface area contributed by atoms with E-state index in [2.05, 4.69) is 10.3 Å². The number of hydrogen-bond acceptors (Lipinski definition) is 5. The Bertz CT molecular complexity index is 525. The SMILES string of the molecule is CCOc1ccc(Nc2ncc(N)cc2N)cc1. The van der Waals surface area contributed by atoms with Gasteiger partial charge < -0.3 is 21.5 Å². The first-order valence-electron chi connectivity index (χ1n) is 5.70. The smallest absolute Gasteiger partial charge is 0.153 e. The van der Waals surface area contributed by atoms with E-state index in [1.807, 2.05) is 31.2 Å². The number of nitrogens with one attached hydrogen (secondary N) is 1. The third kappa shape index (κ3) is 2.82. The fourth-order valence-corrected chi connectivity index (χ4v) is 1.54. The second kappa shape index (κ2) is 5.27. The summed E-state index contributed by atoms with van der Waals surface area (Å²) in [5.41, 5.74) is 13.4. The lowest BCUT2D eigenvalue weighted by Crippen LogP contribution is -2.00. The summed E-state index contributed by atoms with van der Waals surface area (Å²) >= 11 is 0. The van der Waals surface area contributed by atoms with Crippen molar-refractivity contribution in [2.45, 2.75) is 6.92 Å². The molecule has 0 aliphatic heterocycles. The Morgan fingerprint density at radius 1 is 1.22 bits per heavy atom. The summed E-state index contributed by atoms with van der Waals surface area (Å²) < 4.78 is 5.37. The highest BCUT2D eigenvalue weighted by atomic mass is 16.5. The molecule has 1 aromatic heterocycles. The Balaban J connectivity index is 2.13. The summed E-state index contributed by atoms with van der Waals surface area (Å²) in [6.45, 7) is 2.60. The number of hydrogen-bond donors (Lipinski definition) is 3. The molecule has 18 heavy (non-hydrogen) atoms. The first-order valence-corrected chi connectivity index (χ1v) is 5.70. The van der Waals surface area contributed by atoms with Crippen LogP contribution in [-0.2, 0) is 0 Å². The fraction of sp³-hybridized carbons (Fsp3) is 0.154. The van der Waals surface area contributed by atoms with Crippen molar-refractivity contribution < 1.29 is 4.74 Å². The number of anilines is 4. The molecule has 0 fully saturated rings. The maximum atomic E-state index is 5.82. The second-order valence-corrected chi connectivity index (χ2v) is 3.79. The van der Waals surface area contributed by atoms with E-state index in [0.29, 0.717) is 23.8 Å². The van der Waals surface area contributed by atoms with Crippen molar-refractivity contribution in [3.05, 3.63) is 36.5 Å². The van der Waals surface area contributed by atoms with E-state index in [1.54, 1.807) is 12.3 Å². The molecule has 0 unspecified atom stereocenters. The van der Waals surface area contributed by atoms with Gasteiger partial charge in [-0.2, -0.15) is 0 Å². The molecular weight excluding hydrogens is 228 g/mol. The summed E-state index contributed by atoms with van der Waals surface area (Å²) in [6, 6.07) is 9.26. The normalized spacial score (nSPS) is 10.1. The predicted octanol–water partition coefficient (Wildman–Crippen LogP) is 2.39. The summed E-state index contributed by atoms with van der Waals surface area (Å²) in [5, 5.41) is 3.12. The molecule has 0 spiro atoms. The minimum absolute atomic E-state index is 0.517. The number of rotatable bonds is 4. The average molecular weight is 244 g/mol. The topological polar surface area (TPSA) is 86.2 Å². The molecule has 5 nitrogen and oxygen atoms in total. The van der Waals surface area contributed by atoms with Crippen LogP contribution in [0, 0.1) is 0 Å². The standard InChI is InChI=1S/C13H16N4O/c1-2-18-11-5-3-10(4-6-11)17-13-12(15)7-9(14)8-16-13/h3-8H,2,14-15H2,1H3,(H,16,17). The second-order valence-electron chi connectivity index (χ2n) is 3.79. The van der Waals surface area contributed by atoms with Crippen molar-refractivity contribution in [2.75, 3.05) is 23.4 Å². The summed E-state index contributed by atoms with van der Waals surface area (Å²) in [5.74, 6) is 1.43. The van der Waals surface area contributed by atoms with Gasteiger partial charge in [-0.3, -0.25) is 0 Å². The number of pyridine rings is 1. The summed E-state index contributed by atoms with van der Waals surface area (Å²) in [6.07, 6.45) is 1.56. The Morgan fingerprint density at radius 2 is 1.94 bits per heavy atom. The van der Waals surface area contributed by atoms with Crippen LogP contribution in [0.4, 0.5) is 22.9 Å². The van der Waals surface area contributed by atoms with Gasteiger partial charge in [0.25, 0.3) is 0 Å². The average Bonchev–Trinajstić information content (AvgIpc) is 2.35. The molecule has 0 aliphatic carbocycles. The van der Waals surface area contributed by atoms with Crippen molar-refractivity contribution >= 4 is 22.9 Å². The van der Waals surface area contributed by atoms with Gasteiger partial charge in [0.15, 0.2) is 5.82 Å². The van der Waals surface area contributed by atoms with Crippen LogP contribution in [0.1, 0.15) is 6.92 Å². The molecule has 5 N–H and O–H groups in total. The van der Waals surface area contributed by atoms with E-state index >= 15 is 0 Å². The minimum Gasteiger partial charge on any atom is -0.494 e. The van der Waals surface area contributed by atoms with Gasteiger partial charge in [0, 0.05) is 5.69 Å². The Morgan fingerprint density at radius 3 is 2.56 bits per heavy atom. The zero-order chi connectivity index (χ0) is 13.0. The van der Waals surface area contributed by atoms with Crippen LogP contribution in [0.5, 0.6) is 5.75 Å². The molecule has 0 saturated carbocycles. The largest absolute Gasteiger partial charge is 0.494 e. The Labute approximate surface area is 106 Å². The van der Waals surface area contributed by atoms with Crippen LogP contribution in [0.25, 0.3) is 0 Å². The summed E-state index contributed by atoms with van der Waals surface area (Å²) in [4.78, 5) is 4.14. The lowest BCUT2D eigenvalue weighted by atomic mass is 10.3. The van der Waals surface area contributed by atoms with E-state index < -0.39 is 0 Å². The van der Waals surface area contributed by atoms with E-state index in [4.69, 9.17) is 16.2 Å². The van der Waals surface area contributed by atoms with Gasteiger partial charge in [-0.05, 0) is 37.3 Å². The number of nitrogens with zero attached hydrogens (tertiary/aromatic N) is 1. The minimum atomic E-state index is 0.517. The summed E-state index contributed by atoms with van der Waals surface area (Å²) in [7, 11) is 0. The molecular formula is C13H16N4O. The van der Waals surface area contributed by atoms with Crippen LogP contribution < -0.4 is 21.5 Å². The monoisotopic (exact) mass is 244 g/mol. The molecule has 0 amide bonds. The van der Waals surface area contributed by atoms with Crippen LogP contribution in [0.15, 0.2) is 36.5 Å². The van der Waals surface area contributed by atoms with E-state index in [0.717, 1.165) is 11.4 Å². The highest BCUT2D eigenvalue weighted by Gasteiger charge is 2.02. The van der Waals surface area contributed by atoms with Crippen molar-refractivity contribution in [2.24, 2.45) is 0 Å². The lowest BCUT2D eigenvalue weighted by molar-refractivity contribution is 0.340. The van der Waals surface area contributed by atoms with Crippen LogP contribution in [0.3, 0.4) is 0 Å². The maximum absolute atomic E-state index is 5.82. The quantitative estimate of drug-likeness (QED) is 0.768. The Kier molecular flexibility index (Phi) is 3.52. The van der Waals surface area contributed by atoms with Crippen molar-refractivity contribution in [1.29, 1.82) is 0 Å². The third-order valence-electron chi connectivity index (χ3n) is 2.37. The highest BCUT2D eigenvalue weighted by Crippen LogP contribution is 2.23. The van der Waals surface area contributed by atoms with Crippen LogP contribution >= 0.6 is 0 Å². The molecule has 0 radical (unpaired) electrons. The van der Waals surface area contributed by atoms with E-state index in [-0.39, 0.29) is 0 Å². The maximum Gasteiger partial charge on any atom is 0.153 e. The molecule has 0 aliphatic rings. The third-order valence-corrected chi connectivity index (χ3v) is 2.37. The number of aromatic nitrogens is 1. The number of nitrogens with two attached hydrogens (primary N) is 2. The molecule has 1 aromatic carbocycles. The molecule has 0 bridgehead atoms. The molecule has 0 atom stereocenters. The number of nitrogen functional groups attached to an aromatic ring is 2. The number of benzene rings is 1. The van der Waals surface area contributed by atoms with Gasteiger partial charge >= 0.3 is 0 Å². The zero-order valence-electron chi connectivity index (χ0n) is 10.2. The van der Waals surface area contributed by atoms with Crippen LogP contribution in [-0.4, -0.2) is 11.6 Å². The molecule has 0 saturated heterocycles. The van der Waals surface area contributed by atoms with Gasteiger partial charge in [0.2, 0.25) is 0 Å². The van der Waals surface area contributed by atoms with E-state index in [1.165, 1.54) is 0 Å². The number of ether oxygens (including phenoxy) is 1. The molecule has 2 aromatic rings. The molecule has 2 rings (SSSR count). The lowest BCUT2D eigenvalue weighted by Gasteiger charge is -2.09. The fourth-order valence-electron chi connectivity index (χ4n) is 1.54. The van der Waals surface area contributed by atoms with Gasteiger partial charge in [0.1, 0.15) is 5.75 Å². The first kappa shape index (κ1) is 12.0. The van der Waals surface area contributed by atoms with Crippen molar-refractivity contribution in [3.63, 3.8) is 0 Å². The van der Waals surface area contributed by atoms with Gasteiger partial charge in [-0.15, -0.1) is 0 Å². The van der Waals surface area contributed by atoms with Crippen LogP contribution in [0.2, 0.25) is 0 Å². The van der Waals surface area contributed by atoms with Gasteiger partial charge in [-0.25, -0.2) is 4.98 Å². The molecule has 1 heterocycles. The van der Waals surface area contributed by atoms with Crippen molar-refractivity contribution in [1.82, 2.24) is 4.98 Å². The predicted molar refractivity (Wildman–Crippen MR) is 74.0 cm³/mol. The van der Waals surface area contributed by atoms with Gasteiger partial charge in [-0.1, -0.05) is 0 Å². The highest BCUT2D eigenvalue weighted by molar-refractivity contribution is 5.71. The zero-order valence-corrected chi connectivity index (χ0v) is 10.2. The molecule has 5 heteroatoms.